The lowest BCUT2D eigenvalue weighted by molar-refractivity contribution is 0.229. The van der Waals surface area contributed by atoms with Crippen LogP contribution in [0.5, 0.6) is 5.88 Å². The molecule has 6 heteroatoms. The first-order valence-electron chi connectivity index (χ1n) is 7.61. The molecule has 1 saturated heterocycles. The highest BCUT2D eigenvalue weighted by Gasteiger charge is 2.18. The fourth-order valence-corrected chi connectivity index (χ4v) is 2.41. The zero-order chi connectivity index (χ0) is 15.2. The van der Waals surface area contributed by atoms with E-state index in [1.165, 1.54) is 0 Å². The molecule has 1 aliphatic heterocycles. The summed E-state index contributed by atoms with van der Waals surface area (Å²) in [5.41, 5.74) is 6.48. The predicted molar refractivity (Wildman–Crippen MR) is 87.0 cm³/mol. The number of aromatic nitrogens is 1. The molecule has 0 atom stereocenters. The fraction of sp³-hybridized carbons (Fsp3) is 0.667. The van der Waals surface area contributed by atoms with Crippen molar-refractivity contribution in [3.05, 3.63) is 12.1 Å². The average Bonchev–Trinajstić information content (AvgIpc) is 2.48. The molecule has 1 aliphatic rings. The van der Waals surface area contributed by atoms with Gasteiger partial charge in [-0.3, -0.25) is 4.90 Å². The minimum Gasteiger partial charge on any atom is -0.476 e. The summed E-state index contributed by atoms with van der Waals surface area (Å²) in [5, 5.41) is 0. The van der Waals surface area contributed by atoms with E-state index in [-0.39, 0.29) is 0 Å². The maximum absolute atomic E-state index is 5.88. The highest BCUT2D eigenvalue weighted by atomic mass is 16.5. The molecule has 118 valence electrons. The number of ether oxygens (including phenoxy) is 1. The van der Waals surface area contributed by atoms with E-state index in [0.29, 0.717) is 18.2 Å². The predicted octanol–water partition coefficient (Wildman–Crippen LogP) is 0.746. The molecule has 0 amide bonds. The van der Waals surface area contributed by atoms with Crippen LogP contribution in [0.4, 0.5) is 11.5 Å². The Bertz CT molecular complexity index is 444. The van der Waals surface area contributed by atoms with Gasteiger partial charge in [0, 0.05) is 39.3 Å². The molecule has 21 heavy (non-hydrogen) atoms. The number of rotatable bonds is 6. The van der Waals surface area contributed by atoms with E-state index < -0.39 is 0 Å². The number of piperazine rings is 1. The zero-order valence-corrected chi connectivity index (χ0v) is 13.4. The summed E-state index contributed by atoms with van der Waals surface area (Å²) in [4.78, 5) is 11.6. The highest BCUT2D eigenvalue weighted by molar-refractivity contribution is 5.54. The van der Waals surface area contributed by atoms with Crippen LogP contribution in [0.15, 0.2) is 12.1 Å². The molecule has 2 rings (SSSR count). The van der Waals surface area contributed by atoms with Crippen LogP contribution in [-0.2, 0) is 0 Å². The van der Waals surface area contributed by atoms with Crippen molar-refractivity contribution in [1.82, 2.24) is 14.8 Å². The molecule has 0 unspecified atom stereocenters. The van der Waals surface area contributed by atoms with Crippen molar-refractivity contribution in [2.45, 2.75) is 6.92 Å². The Balaban J connectivity index is 1.91. The zero-order valence-electron chi connectivity index (χ0n) is 13.4. The summed E-state index contributed by atoms with van der Waals surface area (Å²) in [6.45, 7) is 8.89. The molecular formula is C15H27N5O. The van der Waals surface area contributed by atoms with Gasteiger partial charge in [-0.25, -0.2) is 0 Å². The first-order valence-corrected chi connectivity index (χ1v) is 7.61. The average molecular weight is 293 g/mol. The molecule has 1 aromatic rings. The second-order valence-electron chi connectivity index (χ2n) is 5.63. The monoisotopic (exact) mass is 293 g/mol. The molecule has 2 heterocycles. The van der Waals surface area contributed by atoms with Gasteiger partial charge in [-0.1, -0.05) is 0 Å². The number of nitrogen functional groups attached to an aromatic ring is 1. The molecule has 1 fully saturated rings. The molecule has 0 aromatic carbocycles. The Morgan fingerprint density at radius 2 is 1.95 bits per heavy atom. The van der Waals surface area contributed by atoms with Crippen molar-refractivity contribution in [2.75, 3.05) is 70.6 Å². The number of hydrogen-bond acceptors (Lipinski definition) is 6. The van der Waals surface area contributed by atoms with Gasteiger partial charge in [0.25, 0.3) is 0 Å². The molecule has 0 spiro atoms. The SMILES string of the molecule is CCOc1nc(N2CCN(CCN(C)C)CC2)ccc1N. The van der Waals surface area contributed by atoms with E-state index in [4.69, 9.17) is 10.5 Å². The Labute approximate surface area is 127 Å². The van der Waals surface area contributed by atoms with Gasteiger partial charge in [0.1, 0.15) is 5.82 Å². The van der Waals surface area contributed by atoms with E-state index in [0.717, 1.165) is 45.1 Å². The third-order valence-electron chi connectivity index (χ3n) is 3.72. The van der Waals surface area contributed by atoms with Crippen molar-refractivity contribution in [3.8, 4) is 5.88 Å². The second kappa shape index (κ2) is 7.47. The van der Waals surface area contributed by atoms with E-state index in [1.807, 2.05) is 19.1 Å². The van der Waals surface area contributed by atoms with Crippen LogP contribution in [-0.4, -0.2) is 74.8 Å². The molecule has 1 aromatic heterocycles. The number of nitrogens with zero attached hydrogens (tertiary/aromatic N) is 4. The van der Waals surface area contributed by atoms with Gasteiger partial charge in [0.2, 0.25) is 5.88 Å². The Morgan fingerprint density at radius 1 is 1.24 bits per heavy atom. The van der Waals surface area contributed by atoms with Gasteiger partial charge in [-0.15, -0.1) is 0 Å². The fourth-order valence-electron chi connectivity index (χ4n) is 2.41. The maximum Gasteiger partial charge on any atom is 0.239 e. The maximum atomic E-state index is 5.88. The quantitative estimate of drug-likeness (QED) is 0.835. The standard InChI is InChI=1S/C15H27N5O/c1-4-21-15-13(16)5-6-14(17-15)20-11-9-19(10-12-20)8-7-18(2)3/h5-6H,4,7-12,16H2,1-3H3. The topological polar surface area (TPSA) is 57.9 Å². The van der Waals surface area contributed by atoms with Crippen LogP contribution < -0.4 is 15.4 Å². The summed E-state index contributed by atoms with van der Waals surface area (Å²) in [6.07, 6.45) is 0. The van der Waals surface area contributed by atoms with Crippen LogP contribution >= 0.6 is 0 Å². The van der Waals surface area contributed by atoms with Gasteiger partial charge in [-0.2, -0.15) is 4.98 Å². The molecule has 0 aliphatic carbocycles. The summed E-state index contributed by atoms with van der Waals surface area (Å²) in [6, 6.07) is 3.86. The Hall–Kier alpha value is -1.53. The first-order chi connectivity index (χ1) is 10.1. The van der Waals surface area contributed by atoms with Crippen molar-refractivity contribution < 1.29 is 4.74 Å². The van der Waals surface area contributed by atoms with E-state index in [1.54, 1.807) is 0 Å². The second-order valence-corrected chi connectivity index (χ2v) is 5.63. The molecule has 0 saturated carbocycles. The first kappa shape index (κ1) is 15.9. The van der Waals surface area contributed by atoms with Crippen LogP contribution in [0.2, 0.25) is 0 Å². The van der Waals surface area contributed by atoms with Crippen molar-refractivity contribution in [3.63, 3.8) is 0 Å². The largest absolute Gasteiger partial charge is 0.476 e. The van der Waals surface area contributed by atoms with Gasteiger partial charge in [0.05, 0.1) is 12.3 Å². The number of anilines is 2. The lowest BCUT2D eigenvalue weighted by Crippen LogP contribution is -2.48. The lowest BCUT2D eigenvalue weighted by Gasteiger charge is -2.36. The summed E-state index contributed by atoms with van der Waals surface area (Å²) >= 11 is 0. The van der Waals surface area contributed by atoms with Crippen LogP contribution in [0.25, 0.3) is 0 Å². The van der Waals surface area contributed by atoms with Crippen molar-refractivity contribution >= 4 is 11.5 Å². The highest BCUT2D eigenvalue weighted by Crippen LogP contribution is 2.23. The van der Waals surface area contributed by atoms with Crippen LogP contribution in [0.3, 0.4) is 0 Å². The summed E-state index contributed by atoms with van der Waals surface area (Å²) < 4.78 is 5.48. The summed E-state index contributed by atoms with van der Waals surface area (Å²) in [5.74, 6) is 1.50. The van der Waals surface area contributed by atoms with Crippen LogP contribution in [0.1, 0.15) is 6.92 Å². The summed E-state index contributed by atoms with van der Waals surface area (Å²) in [7, 11) is 4.23. The van der Waals surface area contributed by atoms with E-state index in [2.05, 4.69) is 33.8 Å². The molecule has 0 radical (unpaired) electrons. The van der Waals surface area contributed by atoms with E-state index in [9.17, 15) is 0 Å². The Kier molecular flexibility index (Phi) is 5.64. The smallest absolute Gasteiger partial charge is 0.239 e. The van der Waals surface area contributed by atoms with Crippen molar-refractivity contribution in [2.24, 2.45) is 0 Å². The molecular weight excluding hydrogens is 266 g/mol. The van der Waals surface area contributed by atoms with Crippen LogP contribution in [0, 0.1) is 0 Å². The Morgan fingerprint density at radius 3 is 2.57 bits per heavy atom. The minimum atomic E-state index is 0.546. The van der Waals surface area contributed by atoms with Gasteiger partial charge >= 0.3 is 0 Å². The normalized spacial score (nSPS) is 16.5. The van der Waals surface area contributed by atoms with Gasteiger partial charge in [0.15, 0.2) is 0 Å². The lowest BCUT2D eigenvalue weighted by atomic mass is 10.3. The number of nitrogens with two attached hydrogens (primary N) is 1. The third-order valence-corrected chi connectivity index (χ3v) is 3.72. The van der Waals surface area contributed by atoms with Crippen molar-refractivity contribution in [1.29, 1.82) is 0 Å². The molecule has 2 N–H and O–H groups in total. The van der Waals surface area contributed by atoms with Gasteiger partial charge in [-0.05, 0) is 33.2 Å². The number of pyridine rings is 1. The minimum absolute atomic E-state index is 0.546. The number of hydrogen-bond donors (Lipinski definition) is 1. The van der Waals surface area contributed by atoms with E-state index >= 15 is 0 Å². The number of likely N-dealkylation sites (N-methyl/N-ethyl adjacent to an activating group) is 1. The molecule has 0 bridgehead atoms. The van der Waals surface area contributed by atoms with Gasteiger partial charge < -0.3 is 20.3 Å². The third kappa shape index (κ3) is 4.47. The molecule has 6 nitrogen and oxygen atoms in total.